The largest absolute Gasteiger partial charge is 0.421 e. The second-order valence-electron chi connectivity index (χ2n) is 6.37. The van der Waals surface area contributed by atoms with E-state index in [0.29, 0.717) is 29.5 Å². The number of nitrogens with zero attached hydrogens (tertiary/aromatic N) is 3. The van der Waals surface area contributed by atoms with Crippen molar-refractivity contribution in [3.05, 3.63) is 46.2 Å². The van der Waals surface area contributed by atoms with E-state index in [9.17, 15) is 9.90 Å². The van der Waals surface area contributed by atoms with Crippen molar-refractivity contribution in [1.29, 1.82) is 0 Å². The minimum atomic E-state index is -0.272. The fraction of sp³-hybridized carbons (Fsp3) is 0.158. The first-order valence-corrected chi connectivity index (χ1v) is 10.0. The van der Waals surface area contributed by atoms with Crippen LogP contribution in [0.4, 0.5) is 5.69 Å². The van der Waals surface area contributed by atoms with Crippen LogP contribution in [0.2, 0.25) is 5.28 Å². The van der Waals surface area contributed by atoms with Crippen LogP contribution in [0.1, 0.15) is 15.4 Å². The highest BCUT2D eigenvalue weighted by molar-refractivity contribution is 7.21. The summed E-state index contributed by atoms with van der Waals surface area (Å²) < 4.78 is 6.73. The molecule has 0 bridgehead atoms. The number of fused-ring (bicyclic) bond motifs is 5. The molecular formula is C19H14ClN5O3S. The van der Waals surface area contributed by atoms with Crippen molar-refractivity contribution < 1.29 is 14.6 Å². The molecule has 0 unspecified atom stereocenters. The average molecular weight is 428 g/mol. The van der Waals surface area contributed by atoms with Gasteiger partial charge in [0.25, 0.3) is 5.91 Å². The number of hydrogen-bond acceptors (Lipinski definition) is 8. The number of pyridine rings is 1. The molecule has 3 N–H and O–H groups in total. The monoisotopic (exact) mass is 427 g/mol. The van der Waals surface area contributed by atoms with Crippen LogP contribution in [0, 0.1) is 0 Å². The maximum absolute atomic E-state index is 12.3. The smallest absolute Gasteiger partial charge is 0.263 e. The number of aromatic nitrogens is 3. The van der Waals surface area contributed by atoms with E-state index in [1.54, 1.807) is 6.07 Å². The van der Waals surface area contributed by atoms with Crippen molar-refractivity contribution >= 4 is 55.5 Å². The minimum absolute atomic E-state index is 0.0145. The molecule has 4 heterocycles. The van der Waals surface area contributed by atoms with Gasteiger partial charge in [-0.15, -0.1) is 11.3 Å². The van der Waals surface area contributed by atoms with Crippen LogP contribution in [0.15, 0.2) is 30.3 Å². The number of aliphatic hydroxyl groups is 1. The Hall–Kier alpha value is -3.01. The number of anilines is 1. The molecule has 4 aromatic rings. The van der Waals surface area contributed by atoms with Crippen LogP contribution in [-0.4, -0.2) is 39.1 Å². The Labute approximate surface area is 173 Å². The Morgan fingerprint density at radius 2 is 1.97 bits per heavy atom. The third kappa shape index (κ3) is 3.23. The highest BCUT2D eigenvalue weighted by Gasteiger charge is 2.22. The number of thiophene rings is 1. The molecule has 146 valence electrons. The van der Waals surface area contributed by atoms with Crippen LogP contribution in [-0.2, 0) is 6.61 Å². The molecule has 5 rings (SSSR count). The first-order valence-electron chi connectivity index (χ1n) is 8.83. The summed E-state index contributed by atoms with van der Waals surface area (Å²) >= 11 is 7.32. The molecule has 8 nitrogen and oxygen atoms in total. The molecule has 0 saturated heterocycles. The van der Waals surface area contributed by atoms with E-state index >= 15 is 0 Å². The van der Waals surface area contributed by atoms with Crippen molar-refractivity contribution in [2.24, 2.45) is 0 Å². The van der Waals surface area contributed by atoms with E-state index in [0.717, 1.165) is 26.7 Å². The molecule has 29 heavy (non-hydrogen) atoms. The maximum Gasteiger partial charge on any atom is 0.263 e. The lowest BCUT2D eigenvalue weighted by Crippen LogP contribution is -2.24. The van der Waals surface area contributed by atoms with Crippen LogP contribution in [0.25, 0.3) is 21.0 Å². The van der Waals surface area contributed by atoms with Gasteiger partial charge in [0.1, 0.15) is 4.88 Å². The summed E-state index contributed by atoms with van der Waals surface area (Å²) in [7, 11) is 0. The lowest BCUT2D eigenvalue weighted by Gasteiger charge is -2.08. The van der Waals surface area contributed by atoms with E-state index < -0.39 is 0 Å². The molecule has 0 aliphatic carbocycles. The maximum atomic E-state index is 12.3. The SMILES string of the molecule is O=C1NCCNc2c1sc1ccc3nc(Oc4cc(CO)nc(Cl)n4)ccc3c21. The molecule has 0 spiro atoms. The Bertz CT molecular complexity index is 1280. The molecule has 0 radical (unpaired) electrons. The average Bonchev–Trinajstić information content (AvgIpc) is 3.00. The molecule has 1 aliphatic rings. The van der Waals surface area contributed by atoms with Gasteiger partial charge < -0.3 is 20.5 Å². The first kappa shape index (κ1) is 18.0. The summed E-state index contributed by atoms with van der Waals surface area (Å²) in [6.07, 6.45) is 0. The van der Waals surface area contributed by atoms with Gasteiger partial charge in [-0.05, 0) is 29.8 Å². The Morgan fingerprint density at radius 3 is 2.83 bits per heavy atom. The van der Waals surface area contributed by atoms with Gasteiger partial charge in [-0.1, -0.05) is 0 Å². The molecule has 0 fully saturated rings. The quantitative estimate of drug-likeness (QED) is 0.430. The third-order valence-electron chi connectivity index (χ3n) is 4.51. The van der Waals surface area contributed by atoms with Crippen molar-refractivity contribution in [2.45, 2.75) is 6.61 Å². The Balaban J connectivity index is 1.59. The Morgan fingerprint density at radius 1 is 1.10 bits per heavy atom. The van der Waals surface area contributed by atoms with Crippen LogP contribution >= 0.6 is 22.9 Å². The van der Waals surface area contributed by atoms with E-state index in [2.05, 4.69) is 25.6 Å². The summed E-state index contributed by atoms with van der Waals surface area (Å²) in [5.74, 6) is 0.472. The molecule has 10 heteroatoms. The number of rotatable bonds is 3. The van der Waals surface area contributed by atoms with Crippen molar-refractivity contribution in [1.82, 2.24) is 20.3 Å². The topological polar surface area (TPSA) is 109 Å². The zero-order valence-electron chi connectivity index (χ0n) is 14.9. The van der Waals surface area contributed by atoms with Gasteiger partial charge in [0, 0.05) is 40.7 Å². The highest BCUT2D eigenvalue weighted by Crippen LogP contribution is 2.41. The normalized spacial score (nSPS) is 13.7. The molecule has 1 aromatic carbocycles. The number of hydrogen-bond donors (Lipinski definition) is 3. The molecule has 1 amide bonds. The third-order valence-corrected chi connectivity index (χ3v) is 5.84. The molecule has 1 aliphatic heterocycles. The van der Waals surface area contributed by atoms with E-state index in [1.165, 1.54) is 17.4 Å². The van der Waals surface area contributed by atoms with Gasteiger partial charge in [0.05, 0.1) is 23.5 Å². The number of benzene rings is 1. The fourth-order valence-corrected chi connectivity index (χ4v) is 4.60. The van der Waals surface area contributed by atoms with Crippen LogP contribution in [0.5, 0.6) is 11.8 Å². The number of carbonyl (C=O) groups is 1. The number of amides is 1. The second kappa shape index (κ2) is 7.11. The van der Waals surface area contributed by atoms with Gasteiger partial charge in [0.2, 0.25) is 17.0 Å². The van der Waals surface area contributed by atoms with Gasteiger partial charge in [-0.2, -0.15) is 4.98 Å². The van der Waals surface area contributed by atoms with Crippen LogP contribution < -0.4 is 15.4 Å². The summed E-state index contributed by atoms with van der Waals surface area (Å²) in [5, 5.41) is 17.4. The summed E-state index contributed by atoms with van der Waals surface area (Å²) in [4.78, 5) is 25.5. The number of ether oxygens (including phenoxy) is 1. The molecule has 3 aromatic heterocycles. The molecule has 0 atom stereocenters. The fourth-order valence-electron chi connectivity index (χ4n) is 3.29. The van der Waals surface area contributed by atoms with Gasteiger partial charge in [0.15, 0.2) is 0 Å². The minimum Gasteiger partial charge on any atom is -0.421 e. The summed E-state index contributed by atoms with van der Waals surface area (Å²) in [5.41, 5.74) is 1.92. The second-order valence-corrected chi connectivity index (χ2v) is 7.76. The van der Waals surface area contributed by atoms with Gasteiger partial charge in [-0.3, -0.25) is 4.79 Å². The van der Waals surface area contributed by atoms with Crippen LogP contribution in [0.3, 0.4) is 0 Å². The summed E-state index contributed by atoms with van der Waals surface area (Å²) in [6, 6.07) is 8.99. The number of aliphatic hydroxyl groups excluding tert-OH is 1. The number of nitrogens with one attached hydrogen (secondary N) is 2. The first-order chi connectivity index (χ1) is 14.1. The van der Waals surface area contributed by atoms with E-state index in [-0.39, 0.29) is 23.7 Å². The lowest BCUT2D eigenvalue weighted by atomic mass is 10.1. The van der Waals surface area contributed by atoms with Crippen molar-refractivity contribution in [3.63, 3.8) is 0 Å². The zero-order valence-corrected chi connectivity index (χ0v) is 16.5. The van der Waals surface area contributed by atoms with Crippen molar-refractivity contribution in [3.8, 4) is 11.8 Å². The predicted octanol–water partition coefficient (Wildman–Crippen LogP) is 3.33. The zero-order chi connectivity index (χ0) is 20.0. The molecular weight excluding hydrogens is 414 g/mol. The van der Waals surface area contributed by atoms with Gasteiger partial charge in [-0.25, -0.2) is 9.97 Å². The van der Waals surface area contributed by atoms with Crippen molar-refractivity contribution in [2.75, 3.05) is 18.4 Å². The predicted molar refractivity (Wildman–Crippen MR) is 111 cm³/mol. The standard InChI is InChI=1S/C19H14ClN5O3S/c20-19-23-9(8-26)7-14(25-19)28-13-4-1-10-11(24-13)2-3-12-15(10)16-17(29-12)18(27)22-6-5-21-16/h1-4,7,21,26H,5-6,8H2,(H,22,27). The van der Waals surface area contributed by atoms with Gasteiger partial charge >= 0.3 is 0 Å². The Kier molecular flexibility index (Phi) is 4.42. The van der Waals surface area contributed by atoms with E-state index in [4.69, 9.17) is 16.3 Å². The number of carbonyl (C=O) groups excluding carboxylic acids is 1. The number of halogens is 1. The molecule has 0 saturated carbocycles. The summed E-state index contributed by atoms with van der Waals surface area (Å²) in [6.45, 7) is 0.975. The van der Waals surface area contributed by atoms with E-state index in [1.807, 2.05) is 18.2 Å². The lowest BCUT2D eigenvalue weighted by molar-refractivity contribution is 0.0962. The highest BCUT2D eigenvalue weighted by atomic mass is 35.5.